The van der Waals surface area contributed by atoms with Gasteiger partial charge in [0.25, 0.3) is 0 Å². The number of carbonyl (C=O) groups is 1. The van der Waals surface area contributed by atoms with Crippen LogP contribution in [-0.2, 0) is 11.3 Å². The number of phenolic OH excluding ortho intramolecular Hbond substituents is 1. The summed E-state index contributed by atoms with van der Waals surface area (Å²) in [6, 6.07) is 6.03. The van der Waals surface area contributed by atoms with Gasteiger partial charge in [-0.05, 0) is 17.7 Å². The predicted octanol–water partition coefficient (Wildman–Crippen LogP) is 1.02. The summed E-state index contributed by atoms with van der Waals surface area (Å²) < 4.78 is 5.05. The topological polar surface area (TPSA) is 91.0 Å². The van der Waals surface area contributed by atoms with Crippen molar-refractivity contribution < 1.29 is 19.4 Å². The molecule has 0 spiro atoms. The minimum Gasteiger partial charge on any atom is -0.508 e. The van der Waals surface area contributed by atoms with Gasteiger partial charge in [0.05, 0.1) is 5.92 Å². The van der Waals surface area contributed by atoms with E-state index in [1.165, 1.54) is 18.2 Å². The van der Waals surface area contributed by atoms with Crippen molar-refractivity contribution in [3.05, 3.63) is 40.2 Å². The number of carboxylic acid groups (broad SMARTS) is 1. The summed E-state index contributed by atoms with van der Waals surface area (Å²) in [5, 5.41) is 19.0. The van der Waals surface area contributed by atoms with Crippen molar-refractivity contribution in [2.75, 3.05) is 13.1 Å². The Balaban J connectivity index is 1.88. The van der Waals surface area contributed by atoms with E-state index in [2.05, 4.69) is 0 Å². The third kappa shape index (κ3) is 2.25. The van der Waals surface area contributed by atoms with Crippen molar-refractivity contribution in [1.29, 1.82) is 0 Å². The molecule has 0 unspecified atom stereocenters. The molecular formula is C14H13NO5. The molecule has 1 saturated heterocycles. The van der Waals surface area contributed by atoms with Crippen LogP contribution in [0.5, 0.6) is 5.75 Å². The average Bonchev–Trinajstić information content (AvgIpc) is 2.31. The van der Waals surface area contributed by atoms with Crippen molar-refractivity contribution in [3.8, 4) is 5.75 Å². The van der Waals surface area contributed by atoms with E-state index >= 15 is 0 Å². The van der Waals surface area contributed by atoms with Crippen LogP contribution in [0.15, 0.2) is 33.5 Å². The Bertz CT molecular complexity index is 730. The highest BCUT2D eigenvalue weighted by Gasteiger charge is 2.32. The second-order valence-electron chi connectivity index (χ2n) is 5.00. The van der Waals surface area contributed by atoms with Crippen LogP contribution in [0.3, 0.4) is 0 Å². The van der Waals surface area contributed by atoms with Crippen LogP contribution >= 0.6 is 0 Å². The van der Waals surface area contributed by atoms with E-state index in [1.54, 1.807) is 6.07 Å². The van der Waals surface area contributed by atoms with Crippen LogP contribution in [0.1, 0.15) is 5.56 Å². The van der Waals surface area contributed by atoms with Crippen molar-refractivity contribution in [2.45, 2.75) is 6.54 Å². The van der Waals surface area contributed by atoms with Crippen LogP contribution in [-0.4, -0.2) is 34.2 Å². The van der Waals surface area contributed by atoms with Crippen molar-refractivity contribution in [2.24, 2.45) is 5.92 Å². The Labute approximate surface area is 113 Å². The van der Waals surface area contributed by atoms with Gasteiger partial charge in [0.2, 0.25) is 0 Å². The van der Waals surface area contributed by atoms with Gasteiger partial charge in [-0.15, -0.1) is 0 Å². The number of aromatic hydroxyl groups is 1. The molecule has 0 bridgehead atoms. The van der Waals surface area contributed by atoms with Crippen LogP contribution < -0.4 is 5.63 Å². The lowest BCUT2D eigenvalue weighted by Crippen LogP contribution is -2.49. The highest BCUT2D eigenvalue weighted by atomic mass is 16.4. The van der Waals surface area contributed by atoms with Gasteiger partial charge in [0.15, 0.2) is 0 Å². The molecule has 20 heavy (non-hydrogen) atoms. The van der Waals surface area contributed by atoms with Gasteiger partial charge in [0, 0.05) is 37.2 Å². The number of hydrogen-bond donors (Lipinski definition) is 2. The summed E-state index contributed by atoms with van der Waals surface area (Å²) in [5.41, 5.74) is 0.635. The SMILES string of the molecule is O=C(O)C1CN(Cc2cc(=O)oc3cc(O)ccc23)C1. The van der Waals surface area contributed by atoms with E-state index in [4.69, 9.17) is 9.52 Å². The molecule has 104 valence electrons. The fourth-order valence-electron chi connectivity index (χ4n) is 2.45. The summed E-state index contributed by atoms with van der Waals surface area (Å²) in [4.78, 5) is 24.2. The molecule has 6 nitrogen and oxygen atoms in total. The molecule has 0 saturated carbocycles. The maximum atomic E-state index is 11.5. The van der Waals surface area contributed by atoms with E-state index in [0.717, 1.165) is 10.9 Å². The van der Waals surface area contributed by atoms with E-state index in [9.17, 15) is 14.7 Å². The molecular weight excluding hydrogens is 262 g/mol. The summed E-state index contributed by atoms with van der Waals surface area (Å²) >= 11 is 0. The Morgan fingerprint density at radius 1 is 1.35 bits per heavy atom. The average molecular weight is 275 g/mol. The monoisotopic (exact) mass is 275 g/mol. The minimum atomic E-state index is -0.788. The Hall–Kier alpha value is -2.34. The number of aliphatic carboxylic acids is 1. The summed E-state index contributed by atoms with van der Waals surface area (Å²) in [6.07, 6.45) is 0. The quantitative estimate of drug-likeness (QED) is 0.812. The molecule has 1 aromatic heterocycles. The third-order valence-electron chi connectivity index (χ3n) is 3.51. The normalized spacial score (nSPS) is 16.2. The van der Waals surface area contributed by atoms with Crippen LogP contribution in [0.4, 0.5) is 0 Å². The summed E-state index contributed by atoms with van der Waals surface area (Å²) in [6.45, 7) is 1.46. The standard InChI is InChI=1S/C14H13NO5/c16-10-1-2-11-8(3-13(17)20-12(11)4-10)5-15-6-9(7-15)14(18)19/h1-4,9,16H,5-7H2,(H,18,19). The van der Waals surface area contributed by atoms with Gasteiger partial charge in [-0.25, -0.2) is 4.79 Å². The lowest BCUT2D eigenvalue weighted by molar-refractivity contribution is -0.147. The number of likely N-dealkylation sites (tertiary alicyclic amines) is 1. The number of benzene rings is 1. The Morgan fingerprint density at radius 3 is 2.80 bits per heavy atom. The number of fused-ring (bicyclic) bond motifs is 1. The molecule has 6 heteroatoms. The maximum absolute atomic E-state index is 11.5. The fraction of sp³-hybridized carbons (Fsp3) is 0.286. The first-order chi connectivity index (χ1) is 9.52. The fourth-order valence-corrected chi connectivity index (χ4v) is 2.45. The molecule has 0 radical (unpaired) electrons. The van der Waals surface area contributed by atoms with Gasteiger partial charge < -0.3 is 14.6 Å². The smallest absolute Gasteiger partial charge is 0.336 e. The number of phenols is 1. The number of hydrogen-bond acceptors (Lipinski definition) is 5. The Kier molecular flexibility index (Phi) is 2.94. The minimum absolute atomic E-state index is 0.0349. The zero-order valence-corrected chi connectivity index (χ0v) is 10.6. The first kappa shape index (κ1) is 12.7. The lowest BCUT2D eigenvalue weighted by atomic mass is 9.99. The highest BCUT2D eigenvalue weighted by Crippen LogP contribution is 2.25. The molecule has 1 aromatic carbocycles. The molecule has 2 aromatic rings. The number of nitrogens with zero attached hydrogens (tertiary/aromatic N) is 1. The Morgan fingerprint density at radius 2 is 2.10 bits per heavy atom. The molecule has 1 aliphatic heterocycles. The molecule has 0 aliphatic carbocycles. The molecule has 2 heterocycles. The largest absolute Gasteiger partial charge is 0.508 e. The zero-order valence-electron chi connectivity index (χ0n) is 10.6. The second kappa shape index (κ2) is 4.64. The first-order valence-corrected chi connectivity index (χ1v) is 6.24. The molecule has 0 atom stereocenters. The van der Waals surface area contributed by atoms with E-state index in [0.29, 0.717) is 25.2 Å². The summed E-state index contributed by atoms with van der Waals surface area (Å²) in [7, 11) is 0. The molecule has 1 fully saturated rings. The van der Waals surface area contributed by atoms with E-state index in [1.807, 2.05) is 4.90 Å². The third-order valence-corrected chi connectivity index (χ3v) is 3.51. The molecule has 3 rings (SSSR count). The zero-order chi connectivity index (χ0) is 14.3. The lowest BCUT2D eigenvalue weighted by Gasteiger charge is -2.36. The first-order valence-electron chi connectivity index (χ1n) is 6.24. The van der Waals surface area contributed by atoms with Gasteiger partial charge in [-0.3, -0.25) is 9.69 Å². The predicted molar refractivity (Wildman–Crippen MR) is 70.6 cm³/mol. The number of carboxylic acids is 1. The number of rotatable bonds is 3. The molecule has 2 N–H and O–H groups in total. The molecule has 0 amide bonds. The maximum Gasteiger partial charge on any atom is 0.336 e. The summed E-state index contributed by atoms with van der Waals surface area (Å²) in [5.74, 6) is -1.08. The van der Waals surface area contributed by atoms with Gasteiger partial charge in [-0.2, -0.15) is 0 Å². The second-order valence-corrected chi connectivity index (χ2v) is 5.00. The van der Waals surface area contributed by atoms with E-state index in [-0.39, 0.29) is 11.7 Å². The van der Waals surface area contributed by atoms with Crippen molar-refractivity contribution in [3.63, 3.8) is 0 Å². The van der Waals surface area contributed by atoms with Crippen LogP contribution in [0.2, 0.25) is 0 Å². The van der Waals surface area contributed by atoms with E-state index < -0.39 is 11.6 Å². The van der Waals surface area contributed by atoms with Crippen molar-refractivity contribution >= 4 is 16.9 Å². The van der Waals surface area contributed by atoms with Gasteiger partial charge in [-0.1, -0.05) is 0 Å². The van der Waals surface area contributed by atoms with Crippen molar-refractivity contribution in [1.82, 2.24) is 4.90 Å². The van der Waals surface area contributed by atoms with Gasteiger partial charge in [0.1, 0.15) is 11.3 Å². The highest BCUT2D eigenvalue weighted by molar-refractivity contribution is 5.81. The van der Waals surface area contributed by atoms with Crippen LogP contribution in [0.25, 0.3) is 11.0 Å². The molecule has 1 aliphatic rings. The van der Waals surface area contributed by atoms with Gasteiger partial charge >= 0.3 is 11.6 Å². The van der Waals surface area contributed by atoms with Crippen LogP contribution in [0, 0.1) is 5.92 Å².